The van der Waals surface area contributed by atoms with Crippen LogP contribution in [0.15, 0.2) is 23.1 Å². The minimum atomic E-state index is -0.451. The van der Waals surface area contributed by atoms with Crippen LogP contribution >= 0.6 is 12.4 Å². The summed E-state index contributed by atoms with van der Waals surface area (Å²) >= 11 is 0. The molecule has 1 aliphatic rings. The van der Waals surface area contributed by atoms with Gasteiger partial charge in [-0.25, -0.2) is 4.98 Å². The van der Waals surface area contributed by atoms with Gasteiger partial charge in [0, 0.05) is 12.4 Å². The molecule has 96 valence electrons. The average molecular weight is 268 g/mol. The van der Waals surface area contributed by atoms with Gasteiger partial charge in [-0.05, 0) is 12.8 Å². The molecule has 2 N–H and O–H groups in total. The standard InChI is InChI=1S/C11H13N5O.ClH/c12-11(3-1-2-4-11)10-15-9(16-17-10)8-7-13-5-6-14-8;/h5-7H,1-4,12H2;1H. The van der Waals surface area contributed by atoms with Crippen molar-refractivity contribution >= 4 is 12.4 Å². The SMILES string of the molecule is Cl.NC1(c2nc(-c3cnccn3)no2)CCCC1. The third-order valence-electron chi connectivity index (χ3n) is 3.14. The maximum absolute atomic E-state index is 6.24. The smallest absolute Gasteiger partial charge is 0.247 e. The fourth-order valence-corrected chi connectivity index (χ4v) is 2.16. The van der Waals surface area contributed by atoms with E-state index in [0.29, 0.717) is 17.4 Å². The van der Waals surface area contributed by atoms with Crippen LogP contribution in [0.2, 0.25) is 0 Å². The van der Waals surface area contributed by atoms with Gasteiger partial charge >= 0.3 is 0 Å². The van der Waals surface area contributed by atoms with Crippen molar-refractivity contribution in [1.29, 1.82) is 0 Å². The summed E-state index contributed by atoms with van der Waals surface area (Å²) in [5.74, 6) is 0.959. The molecular weight excluding hydrogens is 254 g/mol. The highest BCUT2D eigenvalue weighted by Crippen LogP contribution is 2.35. The molecule has 0 saturated heterocycles. The van der Waals surface area contributed by atoms with Crippen LogP contribution in [0.3, 0.4) is 0 Å². The number of nitrogens with two attached hydrogens (primary N) is 1. The first-order chi connectivity index (χ1) is 8.28. The lowest BCUT2D eigenvalue weighted by Crippen LogP contribution is -2.33. The zero-order valence-corrected chi connectivity index (χ0v) is 10.6. The zero-order chi connectivity index (χ0) is 11.7. The Balaban J connectivity index is 0.00000120. The first-order valence-corrected chi connectivity index (χ1v) is 5.67. The summed E-state index contributed by atoms with van der Waals surface area (Å²) in [4.78, 5) is 12.4. The highest BCUT2D eigenvalue weighted by molar-refractivity contribution is 5.85. The van der Waals surface area contributed by atoms with Crippen LogP contribution in [0.5, 0.6) is 0 Å². The van der Waals surface area contributed by atoms with Crippen LogP contribution in [0.4, 0.5) is 0 Å². The van der Waals surface area contributed by atoms with Gasteiger partial charge in [0.1, 0.15) is 5.69 Å². The van der Waals surface area contributed by atoms with Crippen molar-refractivity contribution in [2.75, 3.05) is 0 Å². The lowest BCUT2D eigenvalue weighted by molar-refractivity contribution is 0.285. The van der Waals surface area contributed by atoms with E-state index >= 15 is 0 Å². The van der Waals surface area contributed by atoms with Gasteiger partial charge in [0.15, 0.2) is 0 Å². The maximum Gasteiger partial charge on any atom is 0.247 e. The van der Waals surface area contributed by atoms with Gasteiger partial charge in [-0.2, -0.15) is 4.98 Å². The molecule has 18 heavy (non-hydrogen) atoms. The fraction of sp³-hybridized carbons (Fsp3) is 0.455. The molecule has 0 unspecified atom stereocenters. The highest BCUT2D eigenvalue weighted by Gasteiger charge is 2.37. The molecule has 1 aliphatic carbocycles. The molecule has 0 aromatic carbocycles. The van der Waals surface area contributed by atoms with Crippen LogP contribution in [0.1, 0.15) is 31.6 Å². The number of hydrogen-bond acceptors (Lipinski definition) is 6. The lowest BCUT2D eigenvalue weighted by Gasteiger charge is -2.17. The van der Waals surface area contributed by atoms with Crippen molar-refractivity contribution in [1.82, 2.24) is 20.1 Å². The summed E-state index contributed by atoms with van der Waals surface area (Å²) in [5, 5.41) is 3.91. The number of halogens is 1. The minimum absolute atomic E-state index is 0. The molecule has 0 spiro atoms. The average Bonchev–Trinajstić information content (AvgIpc) is 2.99. The molecule has 3 rings (SSSR count). The van der Waals surface area contributed by atoms with E-state index in [-0.39, 0.29) is 12.4 Å². The molecule has 1 saturated carbocycles. The number of nitrogens with zero attached hydrogens (tertiary/aromatic N) is 4. The van der Waals surface area contributed by atoms with Crippen LogP contribution < -0.4 is 5.73 Å². The quantitative estimate of drug-likeness (QED) is 0.890. The largest absolute Gasteiger partial charge is 0.337 e. The van der Waals surface area contributed by atoms with E-state index in [1.807, 2.05) is 0 Å². The summed E-state index contributed by atoms with van der Waals surface area (Å²) in [6, 6.07) is 0. The fourth-order valence-electron chi connectivity index (χ4n) is 2.16. The van der Waals surface area contributed by atoms with Crippen LogP contribution in [0.25, 0.3) is 11.5 Å². The Labute approximate surface area is 110 Å². The van der Waals surface area contributed by atoms with Gasteiger partial charge in [0.25, 0.3) is 0 Å². The van der Waals surface area contributed by atoms with Crippen molar-refractivity contribution in [3.8, 4) is 11.5 Å². The van der Waals surface area contributed by atoms with E-state index in [2.05, 4.69) is 20.1 Å². The predicted octanol–water partition coefficient (Wildman–Crippen LogP) is 1.68. The molecular formula is C11H14ClN5O. The first kappa shape index (κ1) is 12.9. The van der Waals surface area contributed by atoms with Crippen molar-refractivity contribution < 1.29 is 4.52 Å². The second-order valence-electron chi connectivity index (χ2n) is 4.38. The molecule has 7 heteroatoms. The van der Waals surface area contributed by atoms with Gasteiger partial charge in [-0.3, -0.25) is 4.98 Å². The topological polar surface area (TPSA) is 90.7 Å². The summed E-state index contributed by atoms with van der Waals surface area (Å²) in [6.07, 6.45) is 8.82. The lowest BCUT2D eigenvalue weighted by atomic mass is 9.99. The van der Waals surface area contributed by atoms with Gasteiger partial charge in [0.05, 0.1) is 11.7 Å². The number of aromatic nitrogens is 4. The van der Waals surface area contributed by atoms with E-state index in [4.69, 9.17) is 10.3 Å². The minimum Gasteiger partial charge on any atom is -0.337 e. The van der Waals surface area contributed by atoms with Crippen molar-refractivity contribution in [3.63, 3.8) is 0 Å². The van der Waals surface area contributed by atoms with E-state index in [1.54, 1.807) is 18.6 Å². The molecule has 2 heterocycles. The third kappa shape index (κ3) is 2.21. The molecule has 0 atom stereocenters. The van der Waals surface area contributed by atoms with Crippen LogP contribution in [-0.4, -0.2) is 20.1 Å². The van der Waals surface area contributed by atoms with E-state index in [9.17, 15) is 0 Å². The van der Waals surface area contributed by atoms with Gasteiger partial charge in [-0.1, -0.05) is 18.0 Å². The monoisotopic (exact) mass is 267 g/mol. The Hall–Kier alpha value is -1.53. The normalized spacial score (nSPS) is 17.4. The van der Waals surface area contributed by atoms with Gasteiger partial charge in [0.2, 0.25) is 11.7 Å². The summed E-state index contributed by atoms with van der Waals surface area (Å²) < 4.78 is 5.25. The van der Waals surface area contributed by atoms with Crippen molar-refractivity contribution in [3.05, 3.63) is 24.5 Å². The van der Waals surface area contributed by atoms with Gasteiger partial charge < -0.3 is 10.3 Å². The Kier molecular flexibility index (Phi) is 3.58. The molecule has 0 amide bonds. The second kappa shape index (κ2) is 4.99. The molecule has 0 radical (unpaired) electrons. The Morgan fingerprint density at radius 3 is 2.67 bits per heavy atom. The Bertz CT molecular complexity index is 509. The number of hydrogen-bond donors (Lipinski definition) is 1. The predicted molar refractivity (Wildman–Crippen MR) is 66.9 cm³/mol. The van der Waals surface area contributed by atoms with E-state index in [0.717, 1.165) is 25.7 Å². The molecule has 0 aliphatic heterocycles. The maximum atomic E-state index is 6.24. The van der Waals surface area contributed by atoms with E-state index in [1.165, 1.54) is 0 Å². The number of rotatable bonds is 2. The Morgan fingerprint density at radius 1 is 1.22 bits per heavy atom. The summed E-state index contributed by atoms with van der Waals surface area (Å²) in [5.41, 5.74) is 6.39. The zero-order valence-electron chi connectivity index (χ0n) is 9.74. The van der Waals surface area contributed by atoms with Crippen molar-refractivity contribution in [2.24, 2.45) is 5.73 Å². The third-order valence-corrected chi connectivity index (χ3v) is 3.14. The van der Waals surface area contributed by atoms with Gasteiger partial charge in [-0.15, -0.1) is 12.4 Å². The van der Waals surface area contributed by atoms with E-state index < -0.39 is 5.54 Å². The second-order valence-corrected chi connectivity index (χ2v) is 4.38. The summed E-state index contributed by atoms with van der Waals surface area (Å²) in [7, 11) is 0. The van der Waals surface area contributed by atoms with Crippen LogP contribution in [-0.2, 0) is 5.54 Å². The first-order valence-electron chi connectivity index (χ1n) is 5.67. The molecule has 1 fully saturated rings. The summed E-state index contributed by atoms with van der Waals surface area (Å²) in [6.45, 7) is 0. The van der Waals surface area contributed by atoms with Crippen molar-refractivity contribution in [2.45, 2.75) is 31.2 Å². The molecule has 6 nitrogen and oxygen atoms in total. The molecule has 0 bridgehead atoms. The highest BCUT2D eigenvalue weighted by atomic mass is 35.5. The van der Waals surface area contributed by atoms with Crippen LogP contribution in [0, 0.1) is 0 Å². The molecule has 2 aromatic rings. The Morgan fingerprint density at radius 2 is 2.00 bits per heavy atom. The molecule has 2 aromatic heterocycles.